The molecule has 1 aliphatic rings. The van der Waals surface area contributed by atoms with Crippen LogP contribution in [0.1, 0.15) is 16.4 Å². The van der Waals surface area contributed by atoms with Crippen molar-refractivity contribution >= 4 is 23.5 Å². The van der Waals surface area contributed by atoms with Gasteiger partial charge < -0.3 is 4.74 Å². The molecule has 29 heavy (non-hydrogen) atoms. The fraction of sp³-hybridized carbons (Fsp3) is 0.280. The number of hydrogen-bond donors (Lipinski definition) is 0. The van der Waals surface area contributed by atoms with Crippen LogP contribution < -0.4 is 0 Å². The van der Waals surface area contributed by atoms with Gasteiger partial charge >= 0.3 is 0 Å². The third kappa shape index (κ3) is 5.46. The predicted molar refractivity (Wildman–Crippen MR) is 125 cm³/mol. The van der Waals surface area contributed by atoms with Crippen molar-refractivity contribution in [2.75, 3.05) is 26.0 Å². The lowest BCUT2D eigenvalue weighted by atomic mass is 10.1. The first-order valence-electron chi connectivity index (χ1n) is 10.1. The smallest absolute Gasteiger partial charge is 0.0865 e. The summed E-state index contributed by atoms with van der Waals surface area (Å²) < 4.78 is 6.34. The third-order valence-electron chi connectivity index (χ3n) is 5.22. The number of hydrogen-bond acceptors (Lipinski definition) is 4. The van der Waals surface area contributed by atoms with Gasteiger partial charge in [-0.1, -0.05) is 72.8 Å². The number of ether oxygens (including phenoxy) is 1. The number of rotatable bonds is 7. The second kappa shape index (κ2) is 10.4. The molecule has 1 saturated heterocycles. The molecular formula is C25H27NOS2. The summed E-state index contributed by atoms with van der Waals surface area (Å²) in [6.07, 6.45) is 2.31. The lowest BCUT2D eigenvalue weighted by Gasteiger charge is -2.37. The van der Waals surface area contributed by atoms with E-state index in [4.69, 9.17) is 4.74 Å². The minimum Gasteiger partial charge on any atom is -0.374 e. The Hall–Kier alpha value is -1.72. The van der Waals surface area contributed by atoms with Crippen molar-refractivity contribution in [1.82, 2.24) is 4.90 Å². The molecule has 1 fully saturated rings. The van der Waals surface area contributed by atoms with E-state index in [9.17, 15) is 0 Å². The molecule has 0 unspecified atom stereocenters. The fourth-order valence-electron chi connectivity index (χ4n) is 3.75. The Morgan fingerprint density at radius 3 is 2.28 bits per heavy atom. The molecule has 2 atom stereocenters. The van der Waals surface area contributed by atoms with Gasteiger partial charge in [0.2, 0.25) is 0 Å². The monoisotopic (exact) mass is 421 g/mol. The Morgan fingerprint density at radius 1 is 0.897 bits per heavy atom. The van der Waals surface area contributed by atoms with E-state index in [0.717, 1.165) is 26.2 Å². The van der Waals surface area contributed by atoms with E-state index in [1.54, 1.807) is 0 Å². The first-order chi connectivity index (χ1) is 14.3. The quantitative estimate of drug-likeness (QED) is 0.424. The van der Waals surface area contributed by atoms with E-state index in [-0.39, 0.29) is 11.4 Å². The van der Waals surface area contributed by atoms with E-state index in [2.05, 4.69) is 96.1 Å². The van der Waals surface area contributed by atoms with Crippen LogP contribution in [-0.2, 0) is 11.3 Å². The Bertz CT molecular complexity index is 888. The molecule has 0 N–H and O–H groups in total. The van der Waals surface area contributed by atoms with E-state index < -0.39 is 0 Å². The first kappa shape index (κ1) is 20.5. The molecule has 3 aromatic rings. The van der Waals surface area contributed by atoms with Crippen LogP contribution in [0.15, 0.2) is 94.7 Å². The molecule has 3 aromatic carbocycles. The normalized spacial score (nSPS) is 18.4. The highest BCUT2D eigenvalue weighted by Gasteiger charge is 2.30. The van der Waals surface area contributed by atoms with Crippen LogP contribution in [-0.4, -0.2) is 37.0 Å². The molecule has 150 valence electrons. The first-order valence-corrected chi connectivity index (χ1v) is 12.2. The van der Waals surface area contributed by atoms with Crippen LogP contribution in [0.25, 0.3) is 0 Å². The van der Waals surface area contributed by atoms with Crippen LogP contribution in [0.2, 0.25) is 0 Å². The van der Waals surface area contributed by atoms with Gasteiger partial charge in [-0.3, -0.25) is 4.90 Å². The summed E-state index contributed by atoms with van der Waals surface area (Å²) in [5.41, 5.74) is 2.70. The van der Waals surface area contributed by atoms with Gasteiger partial charge in [0.25, 0.3) is 0 Å². The molecule has 0 radical (unpaired) electrons. The molecule has 1 aliphatic heterocycles. The molecule has 0 aromatic heterocycles. The Kier molecular flexibility index (Phi) is 7.33. The van der Waals surface area contributed by atoms with Crippen molar-refractivity contribution in [1.29, 1.82) is 0 Å². The van der Waals surface area contributed by atoms with Crippen molar-refractivity contribution in [3.63, 3.8) is 0 Å². The summed E-state index contributed by atoms with van der Waals surface area (Å²) in [4.78, 5) is 5.19. The van der Waals surface area contributed by atoms with Gasteiger partial charge in [-0.25, -0.2) is 0 Å². The van der Waals surface area contributed by atoms with Gasteiger partial charge in [0.05, 0.1) is 18.0 Å². The highest BCUT2D eigenvalue weighted by Crippen LogP contribution is 2.43. The van der Waals surface area contributed by atoms with Crippen molar-refractivity contribution in [3.8, 4) is 0 Å². The second-order valence-corrected chi connectivity index (χ2v) is 9.26. The summed E-state index contributed by atoms with van der Waals surface area (Å²) in [6, 6.07) is 30.3. The zero-order valence-corrected chi connectivity index (χ0v) is 18.4. The molecule has 2 nitrogen and oxygen atoms in total. The van der Waals surface area contributed by atoms with Gasteiger partial charge in [0, 0.05) is 29.4 Å². The van der Waals surface area contributed by atoms with Gasteiger partial charge in [-0.2, -0.15) is 0 Å². The predicted octanol–water partition coefficient (Wildman–Crippen LogP) is 6.14. The Morgan fingerprint density at radius 2 is 1.55 bits per heavy atom. The van der Waals surface area contributed by atoms with Crippen LogP contribution in [0.5, 0.6) is 0 Å². The highest BCUT2D eigenvalue weighted by atomic mass is 32.2. The van der Waals surface area contributed by atoms with Gasteiger partial charge in [0.15, 0.2) is 0 Å². The molecule has 4 rings (SSSR count). The standard InChI is InChI=1S/C25H27NOS2/c1-28-23-14-8-9-15-24(23)29-25(21-12-6-3-7-13-21)22-19-26(16-17-27-22)18-20-10-4-2-5-11-20/h2-15,22,25H,16-19H2,1H3/t22-,25-/m1/s1. The third-order valence-corrected chi connectivity index (χ3v) is 7.58. The number of benzene rings is 3. The number of morpholine rings is 1. The van der Waals surface area contributed by atoms with Gasteiger partial charge in [-0.05, 0) is 29.5 Å². The zero-order chi connectivity index (χ0) is 19.9. The maximum Gasteiger partial charge on any atom is 0.0865 e. The van der Waals surface area contributed by atoms with Crippen molar-refractivity contribution in [3.05, 3.63) is 96.1 Å². The summed E-state index contributed by atoms with van der Waals surface area (Å²) in [6.45, 7) is 3.70. The molecule has 0 spiro atoms. The molecule has 4 heteroatoms. The van der Waals surface area contributed by atoms with E-state index in [0.29, 0.717) is 0 Å². The van der Waals surface area contributed by atoms with Crippen LogP contribution >= 0.6 is 23.5 Å². The molecule has 0 aliphatic carbocycles. The largest absolute Gasteiger partial charge is 0.374 e. The van der Waals surface area contributed by atoms with E-state index in [1.807, 2.05) is 23.5 Å². The summed E-state index contributed by atoms with van der Waals surface area (Å²) >= 11 is 3.74. The van der Waals surface area contributed by atoms with Gasteiger partial charge in [-0.15, -0.1) is 23.5 Å². The molecule has 1 heterocycles. The van der Waals surface area contributed by atoms with Crippen LogP contribution in [0.3, 0.4) is 0 Å². The molecule has 0 bridgehead atoms. The van der Waals surface area contributed by atoms with Gasteiger partial charge in [0.1, 0.15) is 0 Å². The summed E-state index contributed by atoms with van der Waals surface area (Å²) in [5, 5.41) is 0.267. The molecule has 0 saturated carbocycles. The maximum atomic E-state index is 6.34. The Labute approximate surface area is 182 Å². The molecular weight excluding hydrogens is 394 g/mol. The van der Waals surface area contributed by atoms with Crippen molar-refractivity contribution < 1.29 is 4.74 Å². The summed E-state index contributed by atoms with van der Waals surface area (Å²) in [7, 11) is 0. The minimum atomic E-state index is 0.162. The number of nitrogens with zero attached hydrogens (tertiary/aromatic N) is 1. The average Bonchev–Trinajstić information content (AvgIpc) is 2.79. The van der Waals surface area contributed by atoms with Crippen molar-refractivity contribution in [2.45, 2.75) is 27.7 Å². The Balaban J connectivity index is 1.55. The second-order valence-electron chi connectivity index (χ2n) is 7.23. The zero-order valence-electron chi connectivity index (χ0n) is 16.7. The number of thioether (sulfide) groups is 2. The lowest BCUT2D eigenvalue weighted by molar-refractivity contribution is -0.0319. The van der Waals surface area contributed by atoms with E-state index in [1.165, 1.54) is 20.9 Å². The van der Waals surface area contributed by atoms with Crippen LogP contribution in [0.4, 0.5) is 0 Å². The maximum absolute atomic E-state index is 6.34. The summed E-state index contributed by atoms with van der Waals surface area (Å²) in [5.74, 6) is 0. The SMILES string of the molecule is CSc1ccccc1S[C@H](c1ccccc1)[C@H]1CN(Cc2ccccc2)CCO1. The highest BCUT2D eigenvalue weighted by molar-refractivity contribution is 8.02. The topological polar surface area (TPSA) is 12.5 Å². The molecule has 0 amide bonds. The van der Waals surface area contributed by atoms with E-state index >= 15 is 0 Å². The average molecular weight is 422 g/mol. The fourth-order valence-corrected chi connectivity index (χ4v) is 5.86. The minimum absolute atomic E-state index is 0.162. The lowest BCUT2D eigenvalue weighted by Crippen LogP contribution is -2.44. The van der Waals surface area contributed by atoms with Crippen molar-refractivity contribution in [2.24, 2.45) is 0 Å². The van der Waals surface area contributed by atoms with Crippen LogP contribution in [0, 0.1) is 0 Å².